The molecule has 2 aromatic heterocycles. The van der Waals surface area contributed by atoms with Crippen molar-refractivity contribution in [2.24, 2.45) is 5.73 Å². The van der Waals surface area contributed by atoms with Crippen LogP contribution in [-0.2, 0) is 12.8 Å². The number of urea groups is 1. The van der Waals surface area contributed by atoms with Gasteiger partial charge in [-0.05, 0) is 43.9 Å². The first kappa shape index (κ1) is 24.2. The van der Waals surface area contributed by atoms with Crippen LogP contribution >= 0.6 is 11.3 Å². The zero-order chi connectivity index (χ0) is 22.6. The average Bonchev–Trinajstić information content (AvgIpc) is 3.18. The normalized spacial score (nSPS) is 11.1. The Labute approximate surface area is 187 Å². The molecule has 0 atom stereocenters. The van der Waals surface area contributed by atoms with Crippen molar-refractivity contribution in [1.29, 1.82) is 0 Å². The third-order valence-corrected chi connectivity index (χ3v) is 5.12. The van der Waals surface area contributed by atoms with Crippen molar-refractivity contribution in [3.63, 3.8) is 0 Å². The summed E-state index contributed by atoms with van der Waals surface area (Å²) in [6.45, 7) is 10.6. The molecule has 2 aromatic rings. The van der Waals surface area contributed by atoms with Gasteiger partial charge in [-0.1, -0.05) is 36.1 Å². The second-order valence-electron chi connectivity index (χ2n) is 7.08. The number of unbranched alkanes of at least 4 members (excludes halogenated alkanes) is 1. The van der Waals surface area contributed by atoms with Gasteiger partial charge >= 0.3 is 6.03 Å². The Kier molecular flexibility index (Phi) is 9.79. The van der Waals surface area contributed by atoms with E-state index in [1.807, 2.05) is 19.1 Å². The molecule has 0 aliphatic carbocycles. The Morgan fingerprint density at radius 1 is 1.13 bits per heavy atom. The molecule has 0 fully saturated rings. The van der Waals surface area contributed by atoms with E-state index in [9.17, 15) is 4.79 Å². The second kappa shape index (κ2) is 12.6. The molecule has 2 heterocycles. The van der Waals surface area contributed by atoms with E-state index in [-0.39, 0.29) is 6.03 Å². The molecule has 0 aliphatic heterocycles. The lowest BCUT2D eigenvalue weighted by atomic mass is 10.1. The van der Waals surface area contributed by atoms with Gasteiger partial charge in [0, 0.05) is 32.1 Å². The maximum Gasteiger partial charge on any atom is 0.320 e. The van der Waals surface area contributed by atoms with E-state index in [4.69, 9.17) is 5.73 Å². The van der Waals surface area contributed by atoms with Gasteiger partial charge < -0.3 is 16.4 Å². The minimum Gasteiger partial charge on any atom is -0.341 e. The van der Waals surface area contributed by atoms with Crippen molar-refractivity contribution in [2.45, 2.75) is 39.0 Å². The second-order valence-corrected chi connectivity index (χ2v) is 8.14. The molecule has 2 amide bonds. The highest BCUT2D eigenvalue weighted by atomic mass is 32.1. The van der Waals surface area contributed by atoms with Crippen LogP contribution < -0.4 is 21.7 Å². The number of nitrogens with one attached hydrogen (secondary N) is 3. The third-order valence-electron chi connectivity index (χ3n) is 4.23. The Bertz CT molecular complexity index is 920. The molecule has 10 heteroatoms. The van der Waals surface area contributed by atoms with Crippen molar-refractivity contribution >= 4 is 28.3 Å². The van der Waals surface area contributed by atoms with Gasteiger partial charge in [0.15, 0.2) is 5.82 Å². The maximum atomic E-state index is 11.2. The summed E-state index contributed by atoms with van der Waals surface area (Å²) in [5, 5.41) is 26.5. The number of rotatable bonds is 12. The highest BCUT2D eigenvalue weighted by Gasteiger charge is 2.07. The van der Waals surface area contributed by atoms with E-state index in [0.29, 0.717) is 18.8 Å². The number of hydrogen-bond donors (Lipinski definition) is 4. The number of nitrogens with two attached hydrogens (primary N) is 1. The summed E-state index contributed by atoms with van der Waals surface area (Å²) < 4.78 is 0. The lowest BCUT2D eigenvalue weighted by molar-refractivity contribution is 0.254. The summed E-state index contributed by atoms with van der Waals surface area (Å²) in [6, 6.07) is 3.30. The number of allylic oxidation sites excluding steroid dienone is 2. The van der Waals surface area contributed by atoms with Crippen LogP contribution in [0.3, 0.4) is 0 Å². The van der Waals surface area contributed by atoms with E-state index in [1.54, 1.807) is 13.1 Å². The van der Waals surface area contributed by atoms with Crippen LogP contribution in [0.5, 0.6) is 0 Å². The van der Waals surface area contributed by atoms with E-state index in [0.717, 1.165) is 58.4 Å². The van der Waals surface area contributed by atoms with Gasteiger partial charge in [0.05, 0.1) is 5.69 Å². The number of aryl methyl sites for hydroxylation is 2. The minimum atomic E-state index is -0.319. The first-order chi connectivity index (χ1) is 14.9. The standard InChI is InChI=1S/C21H30N8OS/c1-14(11-15(2)13-22)12-16(3)24-21-29-28-19(31-21)8-6-5-7-17-9-10-18(27-26-17)25-20(30)23-4/h9-11H,1,3,5-8,12-13,22H2,2,4H3,(H,24,29)(H2,23,25,27,30)/b15-11+. The molecular formula is C21H30N8OS. The largest absolute Gasteiger partial charge is 0.341 e. The maximum absolute atomic E-state index is 11.2. The van der Waals surface area contributed by atoms with Crippen LogP contribution in [0.4, 0.5) is 15.7 Å². The zero-order valence-electron chi connectivity index (χ0n) is 18.1. The quantitative estimate of drug-likeness (QED) is 0.292. The van der Waals surface area contributed by atoms with Crippen molar-refractivity contribution in [3.8, 4) is 0 Å². The molecule has 31 heavy (non-hydrogen) atoms. The van der Waals surface area contributed by atoms with Gasteiger partial charge in [-0.3, -0.25) is 5.32 Å². The number of anilines is 2. The number of aromatic nitrogens is 4. The first-order valence-electron chi connectivity index (χ1n) is 10.0. The monoisotopic (exact) mass is 442 g/mol. The molecule has 2 rings (SSSR count). The predicted octanol–water partition coefficient (Wildman–Crippen LogP) is 3.42. The SMILES string of the molecule is C=C(/C=C(\C)CN)CC(=C)Nc1nnc(CCCCc2ccc(NC(=O)NC)nn2)s1. The smallest absolute Gasteiger partial charge is 0.320 e. The molecule has 0 spiro atoms. The molecule has 9 nitrogen and oxygen atoms in total. The number of hydrogen-bond acceptors (Lipinski definition) is 8. The number of carbonyl (C=O) groups is 1. The fourth-order valence-corrected chi connectivity index (χ4v) is 3.48. The van der Waals surface area contributed by atoms with Crippen LogP contribution in [0.1, 0.15) is 36.9 Å². The topological polar surface area (TPSA) is 131 Å². The van der Waals surface area contributed by atoms with Gasteiger partial charge in [-0.15, -0.1) is 15.3 Å². The van der Waals surface area contributed by atoms with Crippen molar-refractivity contribution < 1.29 is 4.79 Å². The van der Waals surface area contributed by atoms with E-state index in [2.05, 4.69) is 49.5 Å². The first-order valence-corrected chi connectivity index (χ1v) is 10.8. The molecule has 0 bridgehead atoms. The van der Waals surface area contributed by atoms with Crippen LogP contribution in [0.25, 0.3) is 0 Å². The molecule has 0 saturated carbocycles. The van der Waals surface area contributed by atoms with Crippen molar-refractivity contribution in [3.05, 3.63) is 58.9 Å². The fraction of sp³-hybridized carbons (Fsp3) is 0.381. The van der Waals surface area contributed by atoms with Gasteiger partial charge in [0.2, 0.25) is 5.13 Å². The predicted molar refractivity (Wildman–Crippen MR) is 126 cm³/mol. The summed E-state index contributed by atoms with van der Waals surface area (Å²) in [5.41, 5.74) is 9.34. The van der Waals surface area contributed by atoms with E-state index < -0.39 is 0 Å². The Hall–Kier alpha value is -3.11. The number of amides is 2. The number of carbonyl (C=O) groups excluding carboxylic acids is 1. The molecule has 5 N–H and O–H groups in total. The highest BCUT2D eigenvalue weighted by Crippen LogP contribution is 2.21. The summed E-state index contributed by atoms with van der Waals surface area (Å²) in [7, 11) is 1.55. The van der Waals surface area contributed by atoms with Gasteiger partial charge in [-0.25, -0.2) is 4.79 Å². The van der Waals surface area contributed by atoms with Crippen LogP contribution in [0, 0.1) is 0 Å². The van der Waals surface area contributed by atoms with Crippen LogP contribution in [0.2, 0.25) is 0 Å². The summed E-state index contributed by atoms with van der Waals surface area (Å²) in [6.07, 6.45) is 6.19. The number of nitrogens with zero attached hydrogens (tertiary/aromatic N) is 4. The molecule has 0 unspecified atom stereocenters. The zero-order valence-corrected chi connectivity index (χ0v) is 18.9. The lowest BCUT2D eigenvalue weighted by Crippen LogP contribution is -2.25. The van der Waals surface area contributed by atoms with E-state index >= 15 is 0 Å². The van der Waals surface area contributed by atoms with Crippen molar-refractivity contribution in [1.82, 2.24) is 25.7 Å². The van der Waals surface area contributed by atoms with Gasteiger partial charge in [0.1, 0.15) is 5.01 Å². The molecule has 0 aliphatic rings. The molecule has 0 aromatic carbocycles. The third kappa shape index (κ3) is 9.06. The van der Waals surface area contributed by atoms with Crippen LogP contribution in [-0.4, -0.2) is 40.0 Å². The molecule has 166 valence electrons. The summed E-state index contributed by atoms with van der Waals surface area (Å²) in [4.78, 5) is 11.2. The highest BCUT2D eigenvalue weighted by molar-refractivity contribution is 7.15. The Morgan fingerprint density at radius 2 is 1.90 bits per heavy atom. The summed E-state index contributed by atoms with van der Waals surface area (Å²) in [5.74, 6) is 0.424. The van der Waals surface area contributed by atoms with Gasteiger partial charge in [-0.2, -0.15) is 5.10 Å². The van der Waals surface area contributed by atoms with E-state index in [1.165, 1.54) is 11.3 Å². The molecule has 0 saturated heterocycles. The average molecular weight is 443 g/mol. The molecular weight excluding hydrogens is 412 g/mol. The van der Waals surface area contributed by atoms with Crippen molar-refractivity contribution in [2.75, 3.05) is 24.2 Å². The lowest BCUT2D eigenvalue weighted by Gasteiger charge is -2.07. The Morgan fingerprint density at radius 3 is 2.58 bits per heavy atom. The molecule has 0 radical (unpaired) electrons. The summed E-state index contributed by atoms with van der Waals surface area (Å²) >= 11 is 1.53. The Balaban J connectivity index is 1.70. The fourth-order valence-electron chi connectivity index (χ4n) is 2.65. The van der Waals surface area contributed by atoms with Crippen LogP contribution in [0.15, 0.2) is 48.2 Å². The minimum absolute atomic E-state index is 0.319. The van der Waals surface area contributed by atoms with Gasteiger partial charge in [0.25, 0.3) is 0 Å².